The highest BCUT2D eigenvalue weighted by Crippen LogP contribution is 2.24. The summed E-state index contributed by atoms with van der Waals surface area (Å²) in [5, 5.41) is 0. The Morgan fingerprint density at radius 3 is 2.71 bits per heavy atom. The maximum absolute atomic E-state index is 5.77. The standard InChI is InChI=1S/C11H16BrNO/c1-8(2)6-9(3)14-11-4-5-13-7-10(11)12/h4-5,7-9H,6H2,1-3H3. The molecule has 0 saturated heterocycles. The van der Waals surface area contributed by atoms with E-state index in [-0.39, 0.29) is 6.10 Å². The minimum atomic E-state index is 0.244. The zero-order chi connectivity index (χ0) is 10.6. The van der Waals surface area contributed by atoms with Crippen molar-refractivity contribution in [2.75, 3.05) is 0 Å². The van der Waals surface area contributed by atoms with Crippen LogP contribution in [0.5, 0.6) is 5.75 Å². The number of rotatable bonds is 4. The fourth-order valence-corrected chi connectivity index (χ4v) is 1.73. The van der Waals surface area contributed by atoms with Crippen LogP contribution in [0.3, 0.4) is 0 Å². The number of halogens is 1. The van der Waals surface area contributed by atoms with Gasteiger partial charge in [-0.15, -0.1) is 0 Å². The summed E-state index contributed by atoms with van der Waals surface area (Å²) in [7, 11) is 0. The van der Waals surface area contributed by atoms with E-state index >= 15 is 0 Å². The van der Waals surface area contributed by atoms with Crippen LogP contribution in [0.15, 0.2) is 22.9 Å². The Kier molecular flexibility index (Phi) is 4.39. The monoisotopic (exact) mass is 257 g/mol. The first-order chi connectivity index (χ1) is 6.59. The van der Waals surface area contributed by atoms with E-state index in [9.17, 15) is 0 Å². The van der Waals surface area contributed by atoms with Gasteiger partial charge < -0.3 is 4.74 Å². The summed E-state index contributed by atoms with van der Waals surface area (Å²) in [6.45, 7) is 6.48. The normalized spacial score (nSPS) is 12.9. The van der Waals surface area contributed by atoms with Gasteiger partial charge in [-0.05, 0) is 41.3 Å². The van der Waals surface area contributed by atoms with Crippen molar-refractivity contribution >= 4 is 15.9 Å². The molecule has 1 heterocycles. The first-order valence-corrected chi connectivity index (χ1v) is 5.65. The highest BCUT2D eigenvalue weighted by molar-refractivity contribution is 9.10. The van der Waals surface area contributed by atoms with Gasteiger partial charge in [0, 0.05) is 12.4 Å². The van der Waals surface area contributed by atoms with Crippen molar-refractivity contribution in [1.82, 2.24) is 4.98 Å². The lowest BCUT2D eigenvalue weighted by Gasteiger charge is -2.17. The number of aromatic nitrogens is 1. The molecule has 0 spiro atoms. The predicted molar refractivity (Wildman–Crippen MR) is 61.5 cm³/mol. The predicted octanol–water partition coefficient (Wildman–Crippen LogP) is 3.66. The Labute approximate surface area is 93.8 Å². The van der Waals surface area contributed by atoms with Gasteiger partial charge in [-0.2, -0.15) is 0 Å². The maximum Gasteiger partial charge on any atom is 0.136 e. The summed E-state index contributed by atoms with van der Waals surface area (Å²) in [5.74, 6) is 1.53. The molecule has 1 atom stereocenters. The van der Waals surface area contributed by atoms with Gasteiger partial charge in [0.25, 0.3) is 0 Å². The van der Waals surface area contributed by atoms with Gasteiger partial charge in [0.05, 0.1) is 10.6 Å². The lowest BCUT2D eigenvalue weighted by Crippen LogP contribution is -2.14. The lowest BCUT2D eigenvalue weighted by atomic mass is 10.1. The number of hydrogen-bond acceptors (Lipinski definition) is 2. The zero-order valence-electron chi connectivity index (χ0n) is 8.83. The maximum atomic E-state index is 5.77. The van der Waals surface area contributed by atoms with Crippen LogP contribution in [0.1, 0.15) is 27.2 Å². The van der Waals surface area contributed by atoms with Crippen LogP contribution in [0.4, 0.5) is 0 Å². The smallest absolute Gasteiger partial charge is 0.136 e. The molecule has 1 aromatic heterocycles. The van der Waals surface area contributed by atoms with E-state index in [0.29, 0.717) is 5.92 Å². The van der Waals surface area contributed by atoms with E-state index in [1.807, 2.05) is 6.07 Å². The summed E-state index contributed by atoms with van der Waals surface area (Å²) in [6.07, 6.45) is 4.79. The molecule has 0 N–H and O–H groups in total. The summed E-state index contributed by atoms with van der Waals surface area (Å²) in [5.41, 5.74) is 0. The molecular weight excluding hydrogens is 242 g/mol. The second-order valence-corrected chi connectivity index (χ2v) is 4.72. The van der Waals surface area contributed by atoms with Crippen LogP contribution in [-0.4, -0.2) is 11.1 Å². The first-order valence-electron chi connectivity index (χ1n) is 4.85. The fraction of sp³-hybridized carbons (Fsp3) is 0.545. The van der Waals surface area contributed by atoms with Crippen molar-refractivity contribution < 1.29 is 4.74 Å². The van der Waals surface area contributed by atoms with Crippen LogP contribution in [-0.2, 0) is 0 Å². The van der Waals surface area contributed by atoms with E-state index in [2.05, 4.69) is 41.7 Å². The molecule has 0 aliphatic rings. The molecule has 0 fully saturated rings. The molecule has 0 aromatic carbocycles. The van der Waals surface area contributed by atoms with Crippen LogP contribution in [0.25, 0.3) is 0 Å². The van der Waals surface area contributed by atoms with Crippen molar-refractivity contribution in [3.8, 4) is 5.75 Å². The van der Waals surface area contributed by atoms with Crippen molar-refractivity contribution in [3.05, 3.63) is 22.9 Å². The molecule has 1 aromatic rings. The second-order valence-electron chi connectivity index (χ2n) is 3.86. The average molecular weight is 258 g/mol. The summed E-state index contributed by atoms with van der Waals surface area (Å²) in [4.78, 5) is 3.99. The molecule has 0 bridgehead atoms. The number of hydrogen-bond donors (Lipinski definition) is 0. The number of ether oxygens (including phenoxy) is 1. The molecule has 2 nitrogen and oxygen atoms in total. The first kappa shape index (κ1) is 11.5. The molecule has 14 heavy (non-hydrogen) atoms. The molecular formula is C11H16BrNO. The summed E-state index contributed by atoms with van der Waals surface area (Å²) < 4.78 is 6.68. The summed E-state index contributed by atoms with van der Waals surface area (Å²) >= 11 is 3.40. The van der Waals surface area contributed by atoms with Crippen LogP contribution < -0.4 is 4.74 Å². The topological polar surface area (TPSA) is 22.1 Å². The van der Waals surface area contributed by atoms with E-state index in [0.717, 1.165) is 16.6 Å². The molecule has 0 aliphatic heterocycles. The van der Waals surface area contributed by atoms with Crippen LogP contribution in [0, 0.1) is 5.92 Å². The van der Waals surface area contributed by atoms with Crippen molar-refractivity contribution in [2.45, 2.75) is 33.3 Å². The fourth-order valence-electron chi connectivity index (χ4n) is 1.39. The third-order valence-electron chi connectivity index (χ3n) is 1.87. The van der Waals surface area contributed by atoms with Crippen LogP contribution >= 0.6 is 15.9 Å². The van der Waals surface area contributed by atoms with Gasteiger partial charge in [0.2, 0.25) is 0 Å². The zero-order valence-corrected chi connectivity index (χ0v) is 10.4. The Hall–Kier alpha value is -0.570. The molecule has 1 unspecified atom stereocenters. The minimum absolute atomic E-state index is 0.244. The van der Waals surface area contributed by atoms with Gasteiger partial charge in [0.15, 0.2) is 0 Å². The van der Waals surface area contributed by atoms with E-state index in [4.69, 9.17) is 4.74 Å². The van der Waals surface area contributed by atoms with Crippen molar-refractivity contribution in [3.63, 3.8) is 0 Å². The largest absolute Gasteiger partial charge is 0.489 e. The lowest BCUT2D eigenvalue weighted by molar-refractivity contribution is 0.192. The highest BCUT2D eigenvalue weighted by atomic mass is 79.9. The van der Waals surface area contributed by atoms with E-state index in [1.54, 1.807) is 12.4 Å². The van der Waals surface area contributed by atoms with Gasteiger partial charge in [-0.25, -0.2) is 0 Å². The highest BCUT2D eigenvalue weighted by Gasteiger charge is 2.08. The van der Waals surface area contributed by atoms with Gasteiger partial charge in [-0.3, -0.25) is 4.98 Å². The third kappa shape index (κ3) is 3.66. The molecule has 0 radical (unpaired) electrons. The summed E-state index contributed by atoms with van der Waals surface area (Å²) in [6, 6.07) is 1.88. The molecule has 78 valence electrons. The Balaban J connectivity index is 2.56. The van der Waals surface area contributed by atoms with Gasteiger partial charge >= 0.3 is 0 Å². The molecule has 3 heteroatoms. The molecule has 1 rings (SSSR count). The Morgan fingerprint density at radius 1 is 1.43 bits per heavy atom. The van der Waals surface area contributed by atoms with E-state index in [1.165, 1.54) is 0 Å². The SMILES string of the molecule is CC(C)CC(C)Oc1ccncc1Br. The third-order valence-corrected chi connectivity index (χ3v) is 2.46. The number of pyridine rings is 1. The number of nitrogens with zero attached hydrogens (tertiary/aromatic N) is 1. The van der Waals surface area contributed by atoms with Crippen molar-refractivity contribution in [2.24, 2.45) is 5.92 Å². The minimum Gasteiger partial charge on any atom is -0.489 e. The van der Waals surface area contributed by atoms with Gasteiger partial charge in [-0.1, -0.05) is 13.8 Å². The van der Waals surface area contributed by atoms with Gasteiger partial charge in [0.1, 0.15) is 5.75 Å². The van der Waals surface area contributed by atoms with Crippen molar-refractivity contribution in [1.29, 1.82) is 0 Å². The second kappa shape index (κ2) is 5.35. The van der Waals surface area contributed by atoms with Crippen LogP contribution in [0.2, 0.25) is 0 Å². The Morgan fingerprint density at radius 2 is 2.14 bits per heavy atom. The molecule has 0 amide bonds. The molecule has 0 saturated carbocycles. The average Bonchev–Trinajstić information content (AvgIpc) is 2.07. The Bertz CT molecular complexity index is 288. The quantitative estimate of drug-likeness (QED) is 0.822. The molecule has 0 aliphatic carbocycles. The van der Waals surface area contributed by atoms with E-state index < -0.39 is 0 Å².